The monoisotopic (exact) mass is 345 g/mol. The minimum absolute atomic E-state index is 0.0920. The van der Waals surface area contributed by atoms with Crippen LogP contribution in [0.3, 0.4) is 0 Å². The lowest BCUT2D eigenvalue weighted by Gasteiger charge is -2.39. The van der Waals surface area contributed by atoms with Gasteiger partial charge in [0.05, 0.1) is 25.0 Å². The fourth-order valence-electron chi connectivity index (χ4n) is 3.15. The summed E-state index contributed by atoms with van der Waals surface area (Å²) in [5, 5.41) is 8.41. The Hall–Kier alpha value is -3.03. The molecule has 2 aliphatic rings. The van der Waals surface area contributed by atoms with Gasteiger partial charge in [0.2, 0.25) is 5.54 Å². The number of hydrogen-bond acceptors (Lipinski definition) is 6. The van der Waals surface area contributed by atoms with Crippen LogP contribution in [-0.2, 0) is 19.1 Å². The molecule has 8 nitrogen and oxygen atoms in total. The van der Waals surface area contributed by atoms with E-state index in [0.29, 0.717) is 5.69 Å². The molecule has 0 radical (unpaired) electrons. The standard InChI is InChI=1S/C17H19N3O5/c1-3-24-13(21)9-12-17(15(22)25-4-2)14(19-16(23)18-12)10-7-5-6-8-11(10)20-17/h5-9,14,20H,3-4H2,1-2H3,(H2,18,19,23)/b12-9-/t14-,17-/m0/s1. The minimum Gasteiger partial charge on any atom is -0.464 e. The number of carbonyl (C=O) groups excluding carboxylic acids is 3. The van der Waals surface area contributed by atoms with Crippen LogP contribution in [0.1, 0.15) is 25.5 Å². The lowest BCUT2D eigenvalue weighted by molar-refractivity contribution is -0.148. The summed E-state index contributed by atoms with van der Waals surface area (Å²) in [6, 6.07) is 6.00. The van der Waals surface area contributed by atoms with Crippen LogP contribution >= 0.6 is 0 Å². The summed E-state index contributed by atoms with van der Waals surface area (Å²) in [5.74, 6) is -1.25. The third kappa shape index (κ3) is 2.69. The van der Waals surface area contributed by atoms with Crippen LogP contribution in [0.2, 0.25) is 0 Å². The Bertz CT molecular complexity index is 760. The quantitative estimate of drug-likeness (QED) is 0.560. The molecule has 1 saturated heterocycles. The number of amides is 2. The zero-order chi connectivity index (χ0) is 18.0. The van der Waals surface area contributed by atoms with Crippen LogP contribution < -0.4 is 16.0 Å². The summed E-state index contributed by atoms with van der Waals surface area (Å²) in [7, 11) is 0. The highest BCUT2D eigenvalue weighted by Crippen LogP contribution is 2.46. The molecule has 132 valence electrons. The van der Waals surface area contributed by atoms with Gasteiger partial charge < -0.3 is 25.4 Å². The maximum Gasteiger partial charge on any atom is 0.340 e. The van der Waals surface area contributed by atoms with Gasteiger partial charge in [0.25, 0.3) is 0 Å². The van der Waals surface area contributed by atoms with Gasteiger partial charge in [-0.2, -0.15) is 0 Å². The molecule has 0 bridgehead atoms. The zero-order valence-corrected chi connectivity index (χ0v) is 13.9. The Morgan fingerprint density at radius 3 is 2.64 bits per heavy atom. The number of benzene rings is 1. The summed E-state index contributed by atoms with van der Waals surface area (Å²) in [6.07, 6.45) is 1.12. The zero-order valence-electron chi connectivity index (χ0n) is 13.9. The summed E-state index contributed by atoms with van der Waals surface area (Å²) in [4.78, 5) is 36.9. The molecule has 3 N–H and O–H groups in total. The van der Waals surface area contributed by atoms with Crippen LogP contribution in [-0.4, -0.2) is 36.7 Å². The van der Waals surface area contributed by atoms with E-state index in [1.807, 2.05) is 18.2 Å². The van der Waals surface area contributed by atoms with Crippen LogP contribution in [0.4, 0.5) is 10.5 Å². The van der Waals surface area contributed by atoms with Crippen molar-refractivity contribution in [3.8, 4) is 0 Å². The van der Waals surface area contributed by atoms with Crippen LogP contribution in [0.25, 0.3) is 0 Å². The Labute approximate surface area is 144 Å². The van der Waals surface area contributed by atoms with Crippen molar-refractivity contribution in [2.45, 2.75) is 25.4 Å². The van der Waals surface area contributed by atoms with Gasteiger partial charge in [-0.15, -0.1) is 0 Å². The highest BCUT2D eigenvalue weighted by molar-refractivity contribution is 6.00. The minimum atomic E-state index is -1.46. The van der Waals surface area contributed by atoms with Crippen molar-refractivity contribution in [3.05, 3.63) is 41.6 Å². The molecular weight excluding hydrogens is 326 g/mol. The molecule has 2 aliphatic heterocycles. The van der Waals surface area contributed by atoms with Crippen molar-refractivity contribution in [2.24, 2.45) is 0 Å². The molecule has 2 heterocycles. The number of nitrogens with one attached hydrogen (secondary N) is 3. The molecule has 2 amide bonds. The van der Waals surface area contributed by atoms with E-state index in [1.54, 1.807) is 19.9 Å². The van der Waals surface area contributed by atoms with E-state index >= 15 is 0 Å². The van der Waals surface area contributed by atoms with Crippen LogP contribution in [0.5, 0.6) is 0 Å². The van der Waals surface area contributed by atoms with Crippen molar-refractivity contribution in [1.82, 2.24) is 10.6 Å². The van der Waals surface area contributed by atoms with Crippen molar-refractivity contribution in [1.29, 1.82) is 0 Å². The second-order valence-electron chi connectivity index (χ2n) is 5.58. The number of esters is 2. The van der Waals surface area contributed by atoms with Crippen molar-refractivity contribution < 1.29 is 23.9 Å². The predicted molar refractivity (Wildman–Crippen MR) is 88.6 cm³/mol. The SMILES string of the molecule is CCOC(=O)/C=C1\NC(=O)N[C@H]2c3ccccc3N[C@@]12C(=O)OCC. The molecule has 0 saturated carbocycles. The van der Waals surface area contributed by atoms with Gasteiger partial charge >= 0.3 is 18.0 Å². The van der Waals surface area contributed by atoms with Crippen LogP contribution in [0, 0.1) is 0 Å². The highest BCUT2D eigenvalue weighted by Gasteiger charge is 2.59. The van der Waals surface area contributed by atoms with Gasteiger partial charge in [0.15, 0.2) is 0 Å². The van der Waals surface area contributed by atoms with E-state index in [4.69, 9.17) is 9.47 Å². The number of urea groups is 1. The Morgan fingerprint density at radius 2 is 1.92 bits per heavy atom. The van der Waals surface area contributed by atoms with Gasteiger partial charge in [0, 0.05) is 17.3 Å². The maximum atomic E-state index is 12.9. The van der Waals surface area contributed by atoms with Gasteiger partial charge in [0.1, 0.15) is 0 Å². The lowest BCUT2D eigenvalue weighted by atomic mass is 9.84. The summed E-state index contributed by atoms with van der Waals surface area (Å²) in [5.41, 5.74) is 0.0502. The second-order valence-corrected chi connectivity index (χ2v) is 5.58. The fourth-order valence-corrected chi connectivity index (χ4v) is 3.15. The molecule has 1 fully saturated rings. The molecular formula is C17H19N3O5. The average molecular weight is 345 g/mol. The van der Waals surface area contributed by atoms with E-state index in [-0.39, 0.29) is 18.9 Å². The molecule has 2 atom stereocenters. The maximum absolute atomic E-state index is 12.9. The molecule has 0 aliphatic carbocycles. The first-order valence-corrected chi connectivity index (χ1v) is 8.03. The first-order valence-electron chi connectivity index (χ1n) is 8.03. The molecule has 0 spiro atoms. The topological polar surface area (TPSA) is 106 Å². The Morgan fingerprint density at radius 1 is 1.20 bits per heavy atom. The number of rotatable bonds is 4. The predicted octanol–water partition coefficient (Wildman–Crippen LogP) is 1.21. The number of anilines is 1. The van der Waals surface area contributed by atoms with Gasteiger partial charge in [-0.3, -0.25) is 0 Å². The summed E-state index contributed by atoms with van der Waals surface area (Å²) >= 11 is 0. The van der Waals surface area contributed by atoms with Crippen molar-refractivity contribution in [2.75, 3.05) is 18.5 Å². The van der Waals surface area contributed by atoms with Gasteiger partial charge in [-0.25, -0.2) is 14.4 Å². The first-order chi connectivity index (χ1) is 12.0. The van der Waals surface area contributed by atoms with E-state index in [1.165, 1.54) is 0 Å². The van der Waals surface area contributed by atoms with E-state index in [2.05, 4.69) is 16.0 Å². The third-order valence-corrected chi connectivity index (χ3v) is 4.13. The molecule has 1 aromatic rings. The smallest absolute Gasteiger partial charge is 0.340 e. The first kappa shape index (κ1) is 16.8. The van der Waals surface area contributed by atoms with Crippen molar-refractivity contribution >= 4 is 23.7 Å². The number of hydrogen-bond donors (Lipinski definition) is 3. The van der Waals surface area contributed by atoms with E-state index < -0.39 is 29.6 Å². The second kappa shape index (κ2) is 6.46. The molecule has 25 heavy (non-hydrogen) atoms. The largest absolute Gasteiger partial charge is 0.464 e. The molecule has 3 rings (SSSR count). The van der Waals surface area contributed by atoms with E-state index in [9.17, 15) is 14.4 Å². The Kier molecular flexibility index (Phi) is 4.35. The summed E-state index contributed by atoms with van der Waals surface area (Å²) in [6.45, 7) is 3.70. The number of ether oxygens (including phenoxy) is 2. The van der Waals surface area contributed by atoms with Gasteiger partial charge in [-0.1, -0.05) is 18.2 Å². The van der Waals surface area contributed by atoms with Crippen LogP contribution in [0.15, 0.2) is 36.0 Å². The molecule has 8 heteroatoms. The molecule has 1 aromatic carbocycles. The fraction of sp³-hybridized carbons (Fsp3) is 0.353. The lowest BCUT2D eigenvalue weighted by Crippen LogP contribution is -2.64. The van der Waals surface area contributed by atoms with Gasteiger partial charge in [-0.05, 0) is 19.9 Å². The normalized spacial score (nSPS) is 25.1. The third-order valence-electron chi connectivity index (χ3n) is 4.13. The van der Waals surface area contributed by atoms with Crippen molar-refractivity contribution in [3.63, 3.8) is 0 Å². The number of fused-ring (bicyclic) bond motifs is 3. The summed E-state index contributed by atoms with van der Waals surface area (Å²) < 4.78 is 10.2. The average Bonchev–Trinajstić information content (AvgIpc) is 2.91. The molecule has 0 unspecified atom stereocenters. The molecule has 0 aromatic heterocycles. The number of para-hydroxylation sites is 1. The van der Waals surface area contributed by atoms with E-state index in [0.717, 1.165) is 11.6 Å². The highest BCUT2D eigenvalue weighted by atomic mass is 16.5. The Balaban J connectivity index is 2.13. The number of carbonyl (C=O) groups is 3.